The molecule has 1 unspecified atom stereocenters. The lowest BCUT2D eigenvalue weighted by Gasteiger charge is -2.08. The Morgan fingerprint density at radius 2 is 1.95 bits per heavy atom. The number of carboxylic acids is 1. The number of aromatic nitrogens is 2. The number of carbonyl (C=O) groups is 1. The quantitative estimate of drug-likeness (QED) is 0.622. The number of nitrogens with two attached hydrogens (primary N) is 1. The van der Waals surface area contributed by atoms with E-state index in [2.05, 4.69) is 9.97 Å². The maximum absolute atomic E-state index is 10.8. The SMILES string of the molecule is NC(Cc1cccc(CSc2ncccn2)c1)C(=O)O. The first kappa shape index (κ1) is 14.5. The molecule has 20 heavy (non-hydrogen) atoms. The fourth-order valence-electron chi connectivity index (χ4n) is 1.70. The Morgan fingerprint density at radius 3 is 2.65 bits per heavy atom. The smallest absolute Gasteiger partial charge is 0.320 e. The van der Waals surface area contributed by atoms with Crippen molar-refractivity contribution in [2.24, 2.45) is 5.73 Å². The van der Waals surface area contributed by atoms with Gasteiger partial charge in [-0.15, -0.1) is 0 Å². The Kier molecular flexibility index (Phi) is 5.09. The minimum Gasteiger partial charge on any atom is -0.480 e. The number of aliphatic carboxylic acids is 1. The van der Waals surface area contributed by atoms with Gasteiger partial charge in [0.15, 0.2) is 5.16 Å². The van der Waals surface area contributed by atoms with Crippen LogP contribution in [0.3, 0.4) is 0 Å². The molecule has 0 spiro atoms. The molecule has 0 amide bonds. The van der Waals surface area contributed by atoms with Crippen molar-refractivity contribution >= 4 is 17.7 Å². The molecule has 0 saturated heterocycles. The second-order valence-corrected chi connectivity index (χ2v) is 5.23. The molecule has 0 aliphatic heterocycles. The summed E-state index contributed by atoms with van der Waals surface area (Å²) in [5, 5.41) is 9.54. The monoisotopic (exact) mass is 289 g/mol. The van der Waals surface area contributed by atoms with Gasteiger partial charge < -0.3 is 10.8 Å². The topological polar surface area (TPSA) is 89.1 Å². The lowest BCUT2D eigenvalue weighted by Crippen LogP contribution is -2.32. The van der Waals surface area contributed by atoms with Crippen LogP contribution in [0.2, 0.25) is 0 Å². The molecule has 0 bridgehead atoms. The van der Waals surface area contributed by atoms with Gasteiger partial charge in [0.25, 0.3) is 0 Å². The second kappa shape index (κ2) is 7.02. The van der Waals surface area contributed by atoms with Crippen LogP contribution in [0.25, 0.3) is 0 Å². The second-order valence-electron chi connectivity index (χ2n) is 4.29. The molecule has 0 aliphatic rings. The van der Waals surface area contributed by atoms with E-state index in [1.165, 1.54) is 11.8 Å². The van der Waals surface area contributed by atoms with Crippen molar-refractivity contribution in [3.05, 3.63) is 53.9 Å². The van der Waals surface area contributed by atoms with E-state index in [9.17, 15) is 4.79 Å². The van der Waals surface area contributed by atoms with Crippen LogP contribution in [0, 0.1) is 0 Å². The van der Waals surface area contributed by atoms with Crippen molar-refractivity contribution in [3.8, 4) is 0 Å². The Labute approximate surface area is 121 Å². The molecule has 1 aromatic heterocycles. The minimum atomic E-state index is -0.984. The lowest BCUT2D eigenvalue weighted by atomic mass is 10.0. The molecular weight excluding hydrogens is 274 g/mol. The number of rotatable bonds is 6. The molecule has 3 N–H and O–H groups in total. The van der Waals surface area contributed by atoms with Crippen molar-refractivity contribution in [1.82, 2.24) is 9.97 Å². The largest absolute Gasteiger partial charge is 0.480 e. The fourth-order valence-corrected chi connectivity index (χ4v) is 2.44. The summed E-state index contributed by atoms with van der Waals surface area (Å²) in [5.74, 6) is -0.248. The molecule has 104 valence electrons. The van der Waals surface area contributed by atoms with E-state index in [0.29, 0.717) is 6.42 Å². The van der Waals surface area contributed by atoms with Crippen LogP contribution < -0.4 is 5.73 Å². The number of hydrogen-bond acceptors (Lipinski definition) is 5. The average Bonchev–Trinajstić information content (AvgIpc) is 2.46. The van der Waals surface area contributed by atoms with E-state index in [0.717, 1.165) is 22.0 Å². The number of hydrogen-bond donors (Lipinski definition) is 2. The first-order valence-corrected chi connectivity index (χ1v) is 7.10. The highest BCUT2D eigenvalue weighted by atomic mass is 32.2. The van der Waals surface area contributed by atoms with Crippen molar-refractivity contribution in [3.63, 3.8) is 0 Å². The van der Waals surface area contributed by atoms with Crippen LogP contribution >= 0.6 is 11.8 Å². The van der Waals surface area contributed by atoms with E-state index in [-0.39, 0.29) is 0 Å². The van der Waals surface area contributed by atoms with Crippen LogP contribution in [0.5, 0.6) is 0 Å². The number of carboxylic acid groups (broad SMARTS) is 1. The molecule has 5 nitrogen and oxygen atoms in total. The molecule has 0 aliphatic carbocycles. The normalized spacial score (nSPS) is 12.1. The third-order valence-electron chi connectivity index (χ3n) is 2.67. The molecule has 0 fully saturated rings. The van der Waals surface area contributed by atoms with E-state index < -0.39 is 12.0 Å². The minimum absolute atomic E-state index is 0.329. The average molecular weight is 289 g/mol. The van der Waals surface area contributed by atoms with E-state index in [1.54, 1.807) is 18.5 Å². The van der Waals surface area contributed by atoms with Crippen LogP contribution in [0.4, 0.5) is 0 Å². The maximum atomic E-state index is 10.8. The predicted molar refractivity (Wildman–Crippen MR) is 77.4 cm³/mol. The van der Waals surface area contributed by atoms with Crippen LogP contribution in [0.1, 0.15) is 11.1 Å². The van der Waals surface area contributed by atoms with Gasteiger partial charge in [-0.3, -0.25) is 4.79 Å². The Balaban J connectivity index is 1.97. The number of benzene rings is 1. The maximum Gasteiger partial charge on any atom is 0.320 e. The van der Waals surface area contributed by atoms with Gasteiger partial charge in [-0.05, 0) is 23.6 Å². The fraction of sp³-hybridized carbons (Fsp3) is 0.214. The summed E-state index contributed by atoms with van der Waals surface area (Å²) < 4.78 is 0. The first-order chi connectivity index (χ1) is 9.65. The van der Waals surface area contributed by atoms with Crippen LogP contribution in [-0.4, -0.2) is 27.1 Å². The van der Waals surface area contributed by atoms with Gasteiger partial charge >= 0.3 is 5.97 Å². The van der Waals surface area contributed by atoms with Gasteiger partial charge in [0.1, 0.15) is 6.04 Å². The molecule has 2 rings (SSSR count). The standard InChI is InChI=1S/C14H15N3O2S/c15-12(13(18)19)8-10-3-1-4-11(7-10)9-20-14-16-5-2-6-17-14/h1-7,12H,8-9,15H2,(H,18,19). The third kappa shape index (κ3) is 4.32. The summed E-state index contributed by atoms with van der Waals surface area (Å²) in [7, 11) is 0. The molecular formula is C14H15N3O2S. The van der Waals surface area contributed by atoms with Crippen LogP contribution in [-0.2, 0) is 17.0 Å². The van der Waals surface area contributed by atoms with Crippen molar-refractivity contribution < 1.29 is 9.90 Å². The summed E-state index contributed by atoms with van der Waals surface area (Å²) in [5.41, 5.74) is 7.56. The molecule has 6 heteroatoms. The van der Waals surface area contributed by atoms with E-state index in [1.807, 2.05) is 24.3 Å². The molecule has 2 aromatic rings. The Hall–Kier alpha value is -1.92. The van der Waals surface area contributed by atoms with E-state index >= 15 is 0 Å². The van der Waals surface area contributed by atoms with Gasteiger partial charge in [-0.2, -0.15) is 0 Å². The highest BCUT2D eigenvalue weighted by Crippen LogP contribution is 2.19. The number of thioether (sulfide) groups is 1. The molecule has 1 heterocycles. The van der Waals surface area contributed by atoms with Crippen molar-refractivity contribution in [2.75, 3.05) is 0 Å². The Morgan fingerprint density at radius 1 is 1.25 bits per heavy atom. The lowest BCUT2D eigenvalue weighted by molar-refractivity contribution is -0.138. The summed E-state index contributed by atoms with van der Waals surface area (Å²) in [6.45, 7) is 0. The highest BCUT2D eigenvalue weighted by molar-refractivity contribution is 7.98. The highest BCUT2D eigenvalue weighted by Gasteiger charge is 2.12. The van der Waals surface area contributed by atoms with E-state index in [4.69, 9.17) is 10.8 Å². The van der Waals surface area contributed by atoms with Gasteiger partial charge in [0.2, 0.25) is 0 Å². The zero-order chi connectivity index (χ0) is 14.4. The van der Waals surface area contributed by atoms with Gasteiger partial charge in [0, 0.05) is 18.1 Å². The molecule has 0 radical (unpaired) electrons. The summed E-state index contributed by atoms with van der Waals surface area (Å²) in [6.07, 6.45) is 3.74. The number of nitrogens with zero attached hydrogens (tertiary/aromatic N) is 2. The van der Waals surface area contributed by atoms with Gasteiger partial charge in [-0.1, -0.05) is 36.0 Å². The van der Waals surface area contributed by atoms with Gasteiger partial charge in [-0.25, -0.2) is 9.97 Å². The summed E-state index contributed by atoms with van der Waals surface area (Å²) >= 11 is 1.54. The molecule has 0 saturated carbocycles. The summed E-state index contributed by atoms with van der Waals surface area (Å²) in [6, 6.07) is 8.67. The first-order valence-electron chi connectivity index (χ1n) is 6.11. The van der Waals surface area contributed by atoms with Crippen molar-refractivity contribution in [2.45, 2.75) is 23.4 Å². The zero-order valence-corrected chi connectivity index (χ0v) is 11.6. The Bertz CT molecular complexity index is 578. The third-order valence-corrected chi connectivity index (χ3v) is 3.62. The predicted octanol–water partition coefficient (Wildman–Crippen LogP) is 1.72. The summed E-state index contributed by atoms with van der Waals surface area (Å²) in [4.78, 5) is 19.0. The molecule has 1 aromatic carbocycles. The van der Waals surface area contributed by atoms with Crippen molar-refractivity contribution in [1.29, 1.82) is 0 Å². The van der Waals surface area contributed by atoms with Crippen LogP contribution in [0.15, 0.2) is 47.9 Å². The molecule has 1 atom stereocenters. The van der Waals surface area contributed by atoms with Gasteiger partial charge in [0.05, 0.1) is 0 Å². The zero-order valence-electron chi connectivity index (χ0n) is 10.8.